The van der Waals surface area contributed by atoms with E-state index in [9.17, 15) is 8.78 Å². The standard InChI is InChI=1S/C12H17F2NOS/c1-8(2)16-12(17-11(13)14)15-10-6-4-9(3)5-7-10/h4-8,11-12,15H,1-3H3. The molecule has 17 heavy (non-hydrogen) atoms. The first kappa shape index (κ1) is 14.3. The fourth-order valence-electron chi connectivity index (χ4n) is 1.23. The third-order valence-corrected chi connectivity index (χ3v) is 2.64. The molecule has 0 aliphatic carbocycles. The highest BCUT2D eigenvalue weighted by atomic mass is 32.2. The van der Waals surface area contributed by atoms with Crippen molar-refractivity contribution in [3.8, 4) is 0 Å². The quantitative estimate of drug-likeness (QED) is 0.780. The number of hydrogen-bond donors (Lipinski definition) is 1. The molecule has 0 radical (unpaired) electrons. The van der Waals surface area contributed by atoms with Crippen LogP contribution in [0.5, 0.6) is 0 Å². The summed E-state index contributed by atoms with van der Waals surface area (Å²) in [5.74, 6) is -2.46. The molecule has 96 valence electrons. The van der Waals surface area contributed by atoms with Gasteiger partial charge in [-0.2, -0.15) is 8.78 Å². The molecule has 0 fully saturated rings. The molecule has 1 N–H and O–H groups in total. The molecule has 0 aliphatic heterocycles. The Hall–Kier alpha value is -0.810. The van der Waals surface area contributed by atoms with Crippen molar-refractivity contribution >= 4 is 17.4 Å². The Morgan fingerprint density at radius 2 is 1.76 bits per heavy atom. The summed E-state index contributed by atoms with van der Waals surface area (Å²) in [5.41, 5.74) is 1.16. The number of ether oxygens (including phenoxy) is 1. The zero-order valence-corrected chi connectivity index (χ0v) is 10.9. The van der Waals surface area contributed by atoms with E-state index in [2.05, 4.69) is 5.32 Å². The van der Waals surface area contributed by atoms with Crippen LogP contribution in [0.4, 0.5) is 14.5 Å². The highest BCUT2D eigenvalue weighted by molar-refractivity contribution is 8.00. The summed E-state index contributed by atoms with van der Waals surface area (Å²) >= 11 is 0.460. The van der Waals surface area contributed by atoms with Crippen LogP contribution < -0.4 is 5.32 Å². The summed E-state index contributed by atoms with van der Waals surface area (Å²) in [6.07, 6.45) is -0.107. The Morgan fingerprint density at radius 1 is 1.18 bits per heavy atom. The summed E-state index contributed by atoms with van der Waals surface area (Å²) < 4.78 is 30.1. The number of rotatable bonds is 6. The van der Waals surface area contributed by atoms with Crippen molar-refractivity contribution in [2.45, 2.75) is 38.2 Å². The summed E-state index contributed by atoms with van der Waals surface area (Å²) in [6.45, 7) is 5.60. The molecule has 1 atom stereocenters. The predicted octanol–water partition coefficient (Wildman–Crippen LogP) is 4.07. The first-order valence-electron chi connectivity index (χ1n) is 5.39. The summed E-state index contributed by atoms with van der Waals surface area (Å²) in [6, 6.07) is 7.53. The Kier molecular flexibility index (Phi) is 5.71. The fraction of sp³-hybridized carbons (Fsp3) is 0.500. The molecule has 0 aliphatic rings. The second kappa shape index (κ2) is 6.81. The van der Waals surface area contributed by atoms with Gasteiger partial charge in [-0.3, -0.25) is 0 Å². The molecule has 0 amide bonds. The first-order chi connectivity index (χ1) is 7.97. The van der Waals surface area contributed by atoms with Crippen molar-refractivity contribution in [3.63, 3.8) is 0 Å². The van der Waals surface area contributed by atoms with Gasteiger partial charge in [-0.25, -0.2) is 0 Å². The molecule has 0 bridgehead atoms. The lowest BCUT2D eigenvalue weighted by atomic mass is 10.2. The third kappa shape index (κ3) is 5.89. The van der Waals surface area contributed by atoms with Crippen molar-refractivity contribution in [1.82, 2.24) is 0 Å². The minimum Gasteiger partial charge on any atom is -0.351 e. The number of anilines is 1. The zero-order valence-electron chi connectivity index (χ0n) is 10.1. The van der Waals surface area contributed by atoms with Gasteiger partial charge in [0.1, 0.15) is 0 Å². The van der Waals surface area contributed by atoms with Gasteiger partial charge in [0.05, 0.1) is 6.10 Å². The number of alkyl halides is 2. The van der Waals surface area contributed by atoms with Gasteiger partial charge in [-0.15, -0.1) is 0 Å². The Balaban J connectivity index is 2.61. The van der Waals surface area contributed by atoms with E-state index in [4.69, 9.17) is 4.74 Å². The van der Waals surface area contributed by atoms with Crippen molar-refractivity contribution in [3.05, 3.63) is 29.8 Å². The van der Waals surface area contributed by atoms with Gasteiger partial charge in [-0.05, 0) is 44.7 Å². The van der Waals surface area contributed by atoms with Crippen LogP contribution in [0.2, 0.25) is 0 Å². The topological polar surface area (TPSA) is 21.3 Å². The van der Waals surface area contributed by atoms with Crippen LogP contribution in [0.25, 0.3) is 0 Å². The van der Waals surface area contributed by atoms with Gasteiger partial charge >= 0.3 is 0 Å². The third-order valence-electron chi connectivity index (χ3n) is 1.96. The average molecular weight is 261 g/mol. The smallest absolute Gasteiger partial charge is 0.288 e. The van der Waals surface area contributed by atoms with E-state index in [0.717, 1.165) is 11.3 Å². The highest BCUT2D eigenvalue weighted by Crippen LogP contribution is 2.24. The van der Waals surface area contributed by atoms with Gasteiger partial charge in [-0.1, -0.05) is 17.7 Å². The predicted molar refractivity (Wildman–Crippen MR) is 68.4 cm³/mol. The zero-order chi connectivity index (χ0) is 12.8. The van der Waals surface area contributed by atoms with Gasteiger partial charge in [0, 0.05) is 5.69 Å². The number of nitrogens with one attached hydrogen (secondary N) is 1. The monoisotopic (exact) mass is 261 g/mol. The van der Waals surface area contributed by atoms with Crippen LogP contribution in [0, 0.1) is 6.92 Å². The molecule has 2 nitrogen and oxygen atoms in total. The maximum Gasteiger partial charge on any atom is 0.288 e. The Bertz CT molecular complexity index is 320. The van der Waals surface area contributed by atoms with E-state index < -0.39 is 11.3 Å². The van der Waals surface area contributed by atoms with Crippen LogP contribution in [0.1, 0.15) is 19.4 Å². The second-order valence-corrected chi connectivity index (χ2v) is 4.98. The van der Waals surface area contributed by atoms with E-state index in [1.54, 1.807) is 0 Å². The average Bonchev–Trinajstić information content (AvgIpc) is 2.19. The van der Waals surface area contributed by atoms with Gasteiger partial charge < -0.3 is 10.1 Å². The summed E-state index contributed by atoms with van der Waals surface area (Å²) in [5, 5.41) is 2.93. The molecule has 0 saturated carbocycles. The lowest BCUT2D eigenvalue weighted by Crippen LogP contribution is -2.24. The van der Waals surface area contributed by atoms with E-state index in [0.29, 0.717) is 11.8 Å². The number of aryl methyl sites for hydroxylation is 1. The molecule has 1 unspecified atom stereocenters. The highest BCUT2D eigenvalue weighted by Gasteiger charge is 2.17. The number of hydrogen-bond acceptors (Lipinski definition) is 3. The first-order valence-corrected chi connectivity index (χ1v) is 6.34. The van der Waals surface area contributed by atoms with Gasteiger partial charge in [0.25, 0.3) is 5.76 Å². The second-order valence-electron chi connectivity index (χ2n) is 3.92. The number of halogens is 2. The Labute approximate surface area is 105 Å². The maximum atomic E-state index is 12.3. The SMILES string of the molecule is Cc1ccc(NC(OC(C)C)SC(F)F)cc1. The molecule has 5 heteroatoms. The van der Waals surface area contributed by atoms with E-state index in [1.807, 2.05) is 45.0 Å². The van der Waals surface area contributed by atoms with Crippen LogP contribution in [-0.2, 0) is 4.74 Å². The van der Waals surface area contributed by atoms with Crippen molar-refractivity contribution in [2.75, 3.05) is 5.32 Å². The lowest BCUT2D eigenvalue weighted by molar-refractivity contribution is 0.0709. The minimum atomic E-state index is -2.46. The molecular formula is C12H17F2NOS. The summed E-state index contributed by atoms with van der Waals surface area (Å²) in [4.78, 5) is 0. The van der Waals surface area contributed by atoms with E-state index in [-0.39, 0.29) is 6.10 Å². The summed E-state index contributed by atoms with van der Waals surface area (Å²) in [7, 11) is 0. The number of thioether (sulfide) groups is 1. The van der Waals surface area contributed by atoms with Gasteiger partial charge in [0.15, 0.2) is 5.56 Å². The van der Waals surface area contributed by atoms with Crippen LogP contribution in [0.15, 0.2) is 24.3 Å². The molecule has 1 aromatic carbocycles. The molecule has 0 saturated heterocycles. The lowest BCUT2D eigenvalue weighted by Gasteiger charge is -2.21. The maximum absolute atomic E-state index is 12.3. The molecule has 0 spiro atoms. The van der Waals surface area contributed by atoms with Crippen LogP contribution in [-0.4, -0.2) is 17.4 Å². The van der Waals surface area contributed by atoms with Gasteiger partial charge in [0.2, 0.25) is 0 Å². The van der Waals surface area contributed by atoms with Crippen molar-refractivity contribution in [1.29, 1.82) is 0 Å². The molecule has 0 aromatic heterocycles. The molecule has 1 rings (SSSR count). The van der Waals surface area contributed by atoms with Crippen LogP contribution >= 0.6 is 11.8 Å². The normalized spacial score (nSPS) is 13.1. The molecule has 1 aromatic rings. The van der Waals surface area contributed by atoms with Crippen molar-refractivity contribution in [2.24, 2.45) is 0 Å². The van der Waals surface area contributed by atoms with E-state index >= 15 is 0 Å². The van der Waals surface area contributed by atoms with E-state index in [1.165, 1.54) is 0 Å². The fourth-order valence-corrected chi connectivity index (χ4v) is 1.90. The largest absolute Gasteiger partial charge is 0.351 e. The Morgan fingerprint density at radius 3 is 2.24 bits per heavy atom. The molecule has 0 heterocycles. The molecular weight excluding hydrogens is 244 g/mol. The minimum absolute atomic E-state index is 0.107. The van der Waals surface area contributed by atoms with Crippen molar-refractivity contribution < 1.29 is 13.5 Å². The van der Waals surface area contributed by atoms with Crippen LogP contribution in [0.3, 0.4) is 0 Å². The number of benzene rings is 1.